The molecule has 0 radical (unpaired) electrons. The maximum Gasteiger partial charge on any atom is 0.0233 e. The standard InChI is InChI=1S/C15H19N/c1-2-6-14-9-11-16(12-10-14)13-15-7-4-3-5-8-15/h2-8H,1,9-13H2. The molecule has 1 aliphatic rings. The lowest BCUT2D eigenvalue weighted by atomic mass is 10.0. The van der Waals surface area contributed by atoms with Crippen LogP contribution >= 0.6 is 0 Å². The van der Waals surface area contributed by atoms with Gasteiger partial charge in [0.15, 0.2) is 0 Å². The minimum absolute atomic E-state index is 1.09. The molecule has 84 valence electrons. The summed E-state index contributed by atoms with van der Waals surface area (Å²) < 4.78 is 0. The fraction of sp³-hybridized carbons (Fsp3) is 0.333. The second kappa shape index (κ2) is 5.66. The van der Waals surface area contributed by atoms with Crippen molar-refractivity contribution in [2.24, 2.45) is 0 Å². The highest BCUT2D eigenvalue weighted by Gasteiger charge is 2.13. The smallest absolute Gasteiger partial charge is 0.0233 e. The van der Waals surface area contributed by atoms with Gasteiger partial charge < -0.3 is 0 Å². The van der Waals surface area contributed by atoms with Gasteiger partial charge in [0.25, 0.3) is 0 Å². The Bertz CT molecular complexity index is 354. The average Bonchev–Trinajstić information content (AvgIpc) is 2.33. The monoisotopic (exact) mass is 213 g/mol. The van der Waals surface area contributed by atoms with E-state index >= 15 is 0 Å². The van der Waals surface area contributed by atoms with E-state index in [-0.39, 0.29) is 0 Å². The van der Waals surface area contributed by atoms with Crippen LogP contribution < -0.4 is 0 Å². The van der Waals surface area contributed by atoms with Crippen LogP contribution in [-0.4, -0.2) is 18.0 Å². The zero-order chi connectivity index (χ0) is 11.2. The predicted octanol–water partition coefficient (Wildman–Crippen LogP) is 3.39. The molecule has 1 aromatic carbocycles. The Morgan fingerprint density at radius 2 is 1.81 bits per heavy atom. The first kappa shape index (κ1) is 11.2. The van der Waals surface area contributed by atoms with Gasteiger partial charge in [0.1, 0.15) is 0 Å². The van der Waals surface area contributed by atoms with E-state index in [2.05, 4.69) is 47.9 Å². The molecule has 2 rings (SSSR count). The molecule has 1 saturated heterocycles. The summed E-state index contributed by atoms with van der Waals surface area (Å²) in [5.41, 5.74) is 2.96. The van der Waals surface area contributed by atoms with Gasteiger partial charge in [-0.2, -0.15) is 0 Å². The summed E-state index contributed by atoms with van der Waals surface area (Å²) in [4.78, 5) is 2.52. The van der Waals surface area contributed by atoms with Crippen LogP contribution in [0.1, 0.15) is 18.4 Å². The van der Waals surface area contributed by atoms with Crippen molar-refractivity contribution in [3.05, 3.63) is 60.2 Å². The highest BCUT2D eigenvalue weighted by atomic mass is 15.1. The summed E-state index contributed by atoms with van der Waals surface area (Å²) in [6.07, 6.45) is 6.46. The quantitative estimate of drug-likeness (QED) is 0.744. The van der Waals surface area contributed by atoms with E-state index in [4.69, 9.17) is 0 Å². The molecule has 0 amide bonds. The first-order chi connectivity index (χ1) is 7.88. The van der Waals surface area contributed by atoms with E-state index < -0.39 is 0 Å². The average molecular weight is 213 g/mol. The Morgan fingerprint density at radius 1 is 1.12 bits per heavy atom. The molecule has 0 saturated carbocycles. The van der Waals surface area contributed by atoms with Gasteiger partial charge in [-0.25, -0.2) is 0 Å². The number of hydrogen-bond acceptors (Lipinski definition) is 1. The first-order valence-corrected chi connectivity index (χ1v) is 5.95. The van der Waals surface area contributed by atoms with Crippen LogP contribution in [0.2, 0.25) is 0 Å². The molecule has 1 aliphatic heterocycles. The van der Waals surface area contributed by atoms with E-state index in [1.165, 1.54) is 31.5 Å². The lowest BCUT2D eigenvalue weighted by Crippen LogP contribution is -2.30. The SMILES string of the molecule is C=CC=C1CCN(Cc2ccccc2)CC1. The van der Waals surface area contributed by atoms with Gasteiger partial charge in [-0.3, -0.25) is 4.90 Å². The van der Waals surface area contributed by atoms with Crippen LogP contribution in [0.15, 0.2) is 54.6 Å². The van der Waals surface area contributed by atoms with E-state index in [0.717, 1.165) is 6.54 Å². The van der Waals surface area contributed by atoms with Crippen LogP contribution in [0.4, 0.5) is 0 Å². The number of allylic oxidation sites excluding steroid dienone is 2. The third-order valence-corrected chi connectivity index (χ3v) is 3.10. The van der Waals surface area contributed by atoms with Crippen LogP contribution in [0.25, 0.3) is 0 Å². The third-order valence-electron chi connectivity index (χ3n) is 3.10. The summed E-state index contributed by atoms with van der Waals surface area (Å²) in [7, 11) is 0. The van der Waals surface area contributed by atoms with Gasteiger partial charge in [0.2, 0.25) is 0 Å². The molecular weight excluding hydrogens is 194 g/mol. The molecule has 1 fully saturated rings. The van der Waals surface area contributed by atoms with Crippen LogP contribution in [0.5, 0.6) is 0 Å². The van der Waals surface area contributed by atoms with Crippen molar-refractivity contribution < 1.29 is 0 Å². The van der Waals surface area contributed by atoms with E-state index in [1.54, 1.807) is 5.57 Å². The number of piperidine rings is 1. The second-order valence-corrected chi connectivity index (χ2v) is 4.32. The molecule has 0 aliphatic carbocycles. The normalized spacial score (nSPS) is 17.1. The summed E-state index contributed by atoms with van der Waals surface area (Å²) in [5, 5.41) is 0. The van der Waals surface area contributed by atoms with E-state index in [1.807, 2.05) is 6.08 Å². The van der Waals surface area contributed by atoms with Crippen molar-refractivity contribution in [1.82, 2.24) is 4.90 Å². The maximum atomic E-state index is 3.75. The summed E-state index contributed by atoms with van der Waals surface area (Å²) in [6.45, 7) is 7.19. The zero-order valence-electron chi connectivity index (χ0n) is 9.73. The van der Waals surface area contributed by atoms with Gasteiger partial charge in [-0.15, -0.1) is 0 Å². The van der Waals surface area contributed by atoms with Gasteiger partial charge in [0, 0.05) is 19.6 Å². The lowest BCUT2D eigenvalue weighted by Gasteiger charge is -2.28. The molecule has 0 spiro atoms. The molecule has 1 heteroatoms. The Hall–Kier alpha value is -1.34. The topological polar surface area (TPSA) is 3.24 Å². The largest absolute Gasteiger partial charge is 0.298 e. The summed E-state index contributed by atoms with van der Waals surface area (Å²) in [6, 6.07) is 10.7. The van der Waals surface area contributed by atoms with Gasteiger partial charge >= 0.3 is 0 Å². The molecule has 1 nitrogen and oxygen atoms in total. The predicted molar refractivity (Wildman–Crippen MR) is 69.2 cm³/mol. The van der Waals surface area contributed by atoms with Crippen molar-refractivity contribution in [1.29, 1.82) is 0 Å². The fourth-order valence-corrected chi connectivity index (χ4v) is 2.17. The van der Waals surface area contributed by atoms with Crippen molar-refractivity contribution in [3.63, 3.8) is 0 Å². The minimum Gasteiger partial charge on any atom is -0.298 e. The molecule has 0 bridgehead atoms. The van der Waals surface area contributed by atoms with Crippen molar-refractivity contribution in [3.8, 4) is 0 Å². The Kier molecular flexibility index (Phi) is 3.95. The van der Waals surface area contributed by atoms with Crippen LogP contribution in [0.3, 0.4) is 0 Å². The Morgan fingerprint density at radius 3 is 2.44 bits per heavy atom. The van der Waals surface area contributed by atoms with Crippen LogP contribution in [-0.2, 0) is 6.54 Å². The van der Waals surface area contributed by atoms with Gasteiger partial charge in [-0.1, -0.05) is 54.6 Å². The molecular formula is C15H19N. The molecule has 0 aromatic heterocycles. The molecule has 1 heterocycles. The third kappa shape index (κ3) is 3.07. The van der Waals surface area contributed by atoms with Crippen LogP contribution in [0, 0.1) is 0 Å². The van der Waals surface area contributed by atoms with Crippen molar-refractivity contribution in [2.45, 2.75) is 19.4 Å². The molecule has 0 atom stereocenters. The second-order valence-electron chi connectivity index (χ2n) is 4.32. The number of benzene rings is 1. The zero-order valence-corrected chi connectivity index (χ0v) is 9.73. The highest BCUT2D eigenvalue weighted by Crippen LogP contribution is 2.17. The molecule has 0 N–H and O–H groups in total. The Labute approximate surface area is 98.1 Å². The van der Waals surface area contributed by atoms with Gasteiger partial charge in [-0.05, 0) is 18.4 Å². The number of hydrogen-bond donors (Lipinski definition) is 0. The summed E-state index contributed by atoms with van der Waals surface area (Å²) in [5.74, 6) is 0. The molecule has 0 unspecified atom stereocenters. The number of likely N-dealkylation sites (tertiary alicyclic amines) is 1. The van der Waals surface area contributed by atoms with Crippen molar-refractivity contribution in [2.75, 3.05) is 13.1 Å². The first-order valence-electron chi connectivity index (χ1n) is 5.95. The molecule has 1 aromatic rings. The van der Waals surface area contributed by atoms with E-state index in [0.29, 0.717) is 0 Å². The summed E-state index contributed by atoms with van der Waals surface area (Å²) >= 11 is 0. The number of rotatable bonds is 3. The molecule has 16 heavy (non-hydrogen) atoms. The number of nitrogens with zero attached hydrogens (tertiary/aromatic N) is 1. The lowest BCUT2D eigenvalue weighted by molar-refractivity contribution is 0.248. The van der Waals surface area contributed by atoms with E-state index in [9.17, 15) is 0 Å². The minimum atomic E-state index is 1.09. The maximum absolute atomic E-state index is 3.75. The highest BCUT2D eigenvalue weighted by molar-refractivity contribution is 5.16. The Balaban J connectivity index is 1.86. The van der Waals surface area contributed by atoms with Crippen molar-refractivity contribution >= 4 is 0 Å². The van der Waals surface area contributed by atoms with Gasteiger partial charge in [0.05, 0.1) is 0 Å². The fourth-order valence-electron chi connectivity index (χ4n) is 2.17.